The van der Waals surface area contributed by atoms with Gasteiger partial charge in [-0.05, 0) is 27.6 Å². The molecular weight excluding hydrogens is 284 g/mol. The molecule has 0 fully saturated rings. The predicted molar refractivity (Wildman–Crippen MR) is 61.9 cm³/mol. The van der Waals surface area contributed by atoms with Gasteiger partial charge in [0.05, 0.1) is 0 Å². The maximum Gasteiger partial charge on any atom is 0.183 e. The summed E-state index contributed by atoms with van der Waals surface area (Å²) in [4.78, 5) is 0. The lowest BCUT2D eigenvalue weighted by Crippen LogP contribution is -1.87. The summed E-state index contributed by atoms with van der Waals surface area (Å²) >= 11 is 10.8. The highest BCUT2D eigenvalue weighted by molar-refractivity contribution is 9.11. The van der Waals surface area contributed by atoms with Crippen molar-refractivity contribution >= 4 is 38.9 Å². The fourth-order valence-corrected chi connectivity index (χ4v) is 2.54. The van der Waals surface area contributed by atoms with Crippen molar-refractivity contribution in [1.29, 1.82) is 0 Å². The van der Waals surface area contributed by atoms with Crippen molar-refractivity contribution in [3.05, 3.63) is 43.8 Å². The molecule has 0 saturated carbocycles. The van der Waals surface area contributed by atoms with Crippen molar-refractivity contribution in [3.8, 4) is 0 Å². The Kier molecular flexibility index (Phi) is 3.15. The second kappa shape index (κ2) is 4.38. The first kappa shape index (κ1) is 10.1. The molecule has 2 aromatic rings. The zero-order valence-electron chi connectivity index (χ0n) is 7.08. The Labute approximate surface area is 99.1 Å². The van der Waals surface area contributed by atoms with E-state index in [9.17, 15) is 0 Å². The van der Waals surface area contributed by atoms with Gasteiger partial charge >= 0.3 is 0 Å². The molecule has 0 unspecified atom stereocenters. The number of rotatable bonds is 2. The Hall–Kier alpha value is -0.450. The molecule has 0 saturated heterocycles. The Balaban J connectivity index is 2.23. The Bertz CT molecular complexity index is 444. The molecule has 0 N–H and O–H groups in total. The molecule has 0 radical (unpaired) electrons. The van der Waals surface area contributed by atoms with Gasteiger partial charge in [0, 0.05) is 11.4 Å². The van der Waals surface area contributed by atoms with Gasteiger partial charge < -0.3 is 0 Å². The van der Waals surface area contributed by atoms with Crippen LogP contribution in [0.2, 0.25) is 5.02 Å². The van der Waals surface area contributed by atoms with Crippen LogP contribution in [-0.4, -0.2) is 10.2 Å². The van der Waals surface area contributed by atoms with E-state index in [0.717, 1.165) is 25.9 Å². The van der Waals surface area contributed by atoms with E-state index in [4.69, 9.17) is 11.6 Å². The van der Waals surface area contributed by atoms with E-state index >= 15 is 0 Å². The molecule has 0 spiro atoms. The van der Waals surface area contributed by atoms with E-state index < -0.39 is 0 Å². The van der Waals surface area contributed by atoms with Crippen LogP contribution in [-0.2, 0) is 6.42 Å². The van der Waals surface area contributed by atoms with Gasteiger partial charge in [0.1, 0.15) is 5.01 Å². The minimum atomic E-state index is 0.739. The molecule has 5 heteroatoms. The van der Waals surface area contributed by atoms with Crippen molar-refractivity contribution in [3.63, 3.8) is 0 Å². The van der Waals surface area contributed by atoms with E-state index in [1.807, 2.05) is 24.3 Å². The molecule has 1 aromatic heterocycles. The van der Waals surface area contributed by atoms with Crippen molar-refractivity contribution < 1.29 is 0 Å². The van der Waals surface area contributed by atoms with Gasteiger partial charge in [0.2, 0.25) is 0 Å². The van der Waals surface area contributed by atoms with Crippen LogP contribution in [0, 0.1) is 0 Å². The monoisotopic (exact) mass is 288 g/mol. The van der Waals surface area contributed by atoms with Crippen LogP contribution in [0.4, 0.5) is 0 Å². The van der Waals surface area contributed by atoms with Gasteiger partial charge in [0.15, 0.2) is 3.92 Å². The second-order valence-corrected chi connectivity index (χ2v) is 5.46. The first-order valence-corrected chi connectivity index (χ1v) is 5.96. The van der Waals surface area contributed by atoms with Gasteiger partial charge in [-0.15, -0.1) is 10.2 Å². The second-order valence-electron chi connectivity index (χ2n) is 2.72. The largest absolute Gasteiger partial charge is 0.183 e. The topological polar surface area (TPSA) is 25.8 Å². The van der Waals surface area contributed by atoms with E-state index in [1.54, 1.807) is 0 Å². The number of benzene rings is 1. The Morgan fingerprint density at radius 3 is 2.71 bits per heavy atom. The van der Waals surface area contributed by atoms with Crippen molar-refractivity contribution in [2.75, 3.05) is 0 Å². The maximum atomic E-state index is 6.03. The van der Waals surface area contributed by atoms with E-state index in [2.05, 4.69) is 26.1 Å². The van der Waals surface area contributed by atoms with Gasteiger partial charge in [-0.25, -0.2) is 0 Å². The molecule has 0 aliphatic rings. The molecule has 2 rings (SSSR count). The molecule has 0 aliphatic heterocycles. The standard InChI is InChI=1S/C9H6BrClN2S/c10-9-13-12-8(14-9)5-6-3-1-2-4-7(6)11/h1-4H,5H2. The predicted octanol–water partition coefficient (Wildman–Crippen LogP) is 3.54. The number of aromatic nitrogens is 2. The summed E-state index contributed by atoms with van der Waals surface area (Å²) in [5.41, 5.74) is 1.08. The summed E-state index contributed by atoms with van der Waals surface area (Å²) in [6, 6.07) is 7.77. The van der Waals surface area contributed by atoms with Gasteiger partial charge in [-0.1, -0.05) is 41.1 Å². The molecule has 0 amide bonds. The van der Waals surface area contributed by atoms with Crippen molar-refractivity contribution in [2.24, 2.45) is 0 Å². The van der Waals surface area contributed by atoms with E-state index in [-0.39, 0.29) is 0 Å². The summed E-state index contributed by atoms with van der Waals surface area (Å²) in [7, 11) is 0. The molecule has 1 aromatic carbocycles. The number of nitrogens with zero attached hydrogens (tertiary/aromatic N) is 2. The normalized spacial score (nSPS) is 10.4. The molecule has 72 valence electrons. The minimum absolute atomic E-state index is 0.739. The molecule has 0 bridgehead atoms. The van der Waals surface area contributed by atoms with Crippen LogP contribution in [0.25, 0.3) is 0 Å². The van der Waals surface area contributed by atoms with Crippen molar-refractivity contribution in [2.45, 2.75) is 6.42 Å². The molecule has 2 nitrogen and oxygen atoms in total. The highest BCUT2D eigenvalue weighted by Gasteiger charge is 2.05. The van der Waals surface area contributed by atoms with Crippen LogP contribution in [0.1, 0.15) is 10.6 Å². The fraction of sp³-hybridized carbons (Fsp3) is 0.111. The van der Waals surface area contributed by atoms with Gasteiger partial charge in [-0.2, -0.15) is 0 Å². The van der Waals surface area contributed by atoms with Gasteiger partial charge in [-0.3, -0.25) is 0 Å². The smallest absolute Gasteiger partial charge is 0.142 e. The number of hydrogen-bond acceptors (Lipinski definition) is 3. The third-order valence-electron chi connectivity index (χ3n) is 1.74. The highest BCUT2D eigenvalue weighted by Crippen LogP contribution is 2.22. The lowest BCUT2D eigenvalue weighted by molar-refractivity contribution is 0.993. The van der Waals surface area contributed by atoms with Crippen LogP contribution in [0.3, 0.4) is 0 Å². The van der Waals surface area contributed by atoms with E-state index in [1.165, 1.54) is 11.3 Å². The zero-order valence-corrected chi connectivity index (χ0v) is 10.2. The molecular formula is C9H6BrClN2S. The highest BCUT2D eigenvalue weighted by atomic mass is 79.9. The first-order chi connectivity index (χ1) is 6.75. The maximum absolute atomic E-state index is 6.03. The summed E-state index contributed by atoms with van der Waals surface area (Å²) < 4.78 is 0.805. The lowest BCUT2D eigenvalue weighted by Gasteiger charge is -1.99. The molecule has 0 aliphatic carbocycles. The average Bonchev–Trinajstić information content (AvgIpc) is 2.56. The fourth-order valence-electron chi connectivity index (χ4n) is 1.11. The van der Waals surface area contributed by atoms with E-state index in [0.29, 0.717) is 0 Å². The van der Waals surface area contributed by atoms with Crippen LogP contribution >= 0.6 is 38.9 Å². The molecule has 1 heterocycles. The summed E-state index contributed by atoms with van der Waals surface area (Å²) in [5, 5.41) is 9.64. The quantitative estimate of drug-likeness (QED) is 0.845. The van der Waals surface area contributed by atoms with Crippen molar-refractivity contribution in [1.82, 2.24) is 10.2 Å². The third kappa shape index (κ3) is 2.32. The first-order valence-electron chi connectivity index (χ1n) is 3.97. The summed E-state index contributed by atoms with van der Waals surface area (Å²) in [6.45, 7) is 0. The van der Waals surface area contributed by atoms with Crippen LogP contribution in [0.5, 0.6) is 0 Å². The summed E-state index contributed by atoms with van der Waals surface area (Å²) in [5.74, 6) is 0. The lowest BCUT2D eigenvalue weighted by atomic mass is 10.2. The minimum Gasteiger partial charge on any atom is -0.142 e. The molecule has 14 heavy (non-hydrogen) atoms. The number of halogens is 2. The van der Waals surface area contributed by atoms with Crippen LogP contribution in [0.15, 0.2) is 28.2 Å². The Morgan fingerprint density at radius 2 is 2.07 bits per heavy atom. The molecule has 0 atom stereocenters. The summed E-state index contributed by atoms with van der Waals surface area (Å²) in [6.07, 6.45) is 0.739. The van der Waals surface area contributed by atoms with Gasteiger partial charge in [0.25, 0.3) is 0 Å². The zero-order chi connectivity index (χ0) is 9.97. The Morgan fingerprint density at radius 1 is 1.29 bits per heavy atom. The number of hydrogen-bond donors (Lipinski definition) is 0. The SMILES string of the molecule is Clc1ccccc1Cc1nnc(Br)s1. The van der Waals surface area contributed by atoms with Crippen LogP contribution < -0.4 is 0 Å². The third-order valence-corrected chi connectivity index (χ3v) is 3.47. The average molecular weight is 290 g/mol.